The van der Waals surface area contributed by atoms with Crippen molar-refractivity contribution in [3.05, 3.63) is 0 Å². The fourth-order valence-electron chi connectivity index (χ4n) is 2.83. The molecule has 2 heteroatoms. The minimum Gasteiger partial charge on any atom is -0.360 e. The zero-order valence-corrected chi connectivity index (χ0v) is 10.7. The monoisotopic (exact) mass is 222 g/mol. The Balaban J connectivity index is 1.86. The standard InChI is InChI=1S/C14H26N2/c1-2-10-16(11-12-8-9-12)14(15)13-6-4-3-5-7-13/h12-13,15H,2-11H2,1H3. The van der Waals surface area contributed by atoms with E-state index in [-0.39, 0.29) is 0 Å². The first-order chi connectivity index (χ1) is 7.81. The molecule has 2 nitrogen and oxygen atoms in total. The van der Waals surface area contributed by atoms with Crippen LogP contribution in [-0.4, -0.2) is 23.8 Å². The third-order valence-electron chi connectivity index (χ3n) is 4.00. The third kappa shape index (κ3) is 3.23. The molecule has 0 unspecified atom stereocenters. The van der Waals surface area contributed by atoms with Crippen molar-refractivity contribution in [1.29, 1.82) is 5.41 Å². The van der Waals surface area contributed by atoms with Gasteiger partial charge in [0.1, 0.15) is 0 Å². The highest BCUT2D eigenvalue weighted by Crippen LogP contribution is 2.32. The summed E-state index contributed by atoms with van der Waals surface area (Å²) < 4.78 is 0. The van der Waals surface area contributed by atoms with Crippen molar-refractivity contribution in [2.75, 3.05) is 13.1 Å². The van der Waals surface area contributed by atoms with Crippen molar-refractivity contribution in [2.24, 2.45) is 11.8 Å². The van der Waals surface area contributed by atoms with Gasteiger partial charge in [0, 0.05) is 19.0 Å². The van der Waals surface area contributed by atoms with E-state index in [9.17, 15) is 0 Å². The lowest BCUT2D eigenvalue weighted by molar-refractivity contribution is 0.342. The fraction of sp³-hybridized carbons (Fsp3) is 0.929. The lowest BCUT2D eigenvalue weighted by atomic mass is 9.88. The molecule has 0 saturated heterocycles. The Hall–Kier alpha value is -0.530. The number of hydrogen-bond acceptors (Lipinski definition) is 1. The molecule has 0 aromatic rings. The lowest BCUT2D eigenvalue weighted by Crippen LogP contribution is -2.38. The molecule has 0 bridgehead atoms. The Labute approximate surface area is 99.9 Å². The molecular formula is C14H26N2. The van der Waals surface area contributed by atoms with E-state index in [1.165, 1.54) is 57.9 Å². The molecular weight excluding hydrogens is 196 g/mol. The minimum atomic E-state index is 0.582. The largest absolute Gasteiger partial charge is 0.360 e. The highest BCUT2D eigenvalue weighted by molar-refractivity contribution is 5.81. The van der Waals surface area contributed by atoms with Crippen LogP contribution < -0.4 is 0 Å². The molecule has 2 saturated carbocycles. The van der Waals surface area contributed by atoms with Gasteiger partial charge in [-0.25, -0.2) is 0 Å². The zero-order valence-electron chi connectivity index (χ0n) is 10.7. The molecule has 0 aromatic carbocycles. The molecule has 0 heterocycles. The minimum absolute atomic E-state index is 0.582. The summed E-state index contributed by atoms with van der Waals surface area (Å²) in [5.41, 5.74) is 0. The van der Waals surface area contributed by atoms with Crippen LogP contribution in [0, 0.1) is 17.2 Å². The number of nitrogens with one attached hydrogen (secondary N) is 1. The first-order valence-electron chi connectivity index (χ1n) is 7.14. The maximum absolute atomic E-state index is 8.39. The van der Waals surface area contributed by atoms with Gasteiger partial charge in [-0.05, 0) is 38.0 Å². The number of nitrogens with zero attached hydrogens (tertiary/aromatic N) is 1. The number of rotatable bonds is 5. The van der Waals surface area contributed by atoms with Gasteiger partial charge in [-0.2, -0.15) is 0 Å². The van der Waals surface area contributed by atoms with Gasteiger partial charge in [0.25, 0.3) is 0 Å². The van der Waals surface area contributed by atoms with Crippen LogP contribution in [0.5, 0.6) is 0 Å². The molecule has 2 fully saturated rings. The van der Waals surface area contributed by atoms with Gasteiger partial charge in [-0.15, -0.1) is 0 Å². The molecule has 2 aliphatic rings. The van der Waals surface area contributed by atoms with E-state index in [0.29, 0.717) is 5.92 Å². The highest BCUT2D eigenvalue weighted by Gasteiger charge is 2.28. The predicted molar refractivity (Wildman–Crippen MR) is 68.9 cm³/mol. The summed E-state index contributed by atoms with van der Waals surface area (Å²) in [7, 11) is 0. The van der Waals surface area contributed by atoms with Crippen molar-refractivity contribution in [1.82, 2.24) is 4.90 Å². The topological polar surface area (TPSA) is 27.1 Å². The fourth-order valence-corrected chi connectivity index (χ4v) is 2.83. The van der Waals surface area contributed by atoms with Gasteiger partial charge < -0.3 is 4.90 Å². The van der Waals surface area contributed by atoms with E-state index in [4.69, 9.17) is 5.41 Å². The van der Waals surface area contributed by atoms with Crippen LogP contribution in [0.3, 0.4) is 0 Å². The second-order valence-corrected chi connectivity index (χ2v) is 5.61. The van der Waals surface area contributed by atoms with Gasteiger partial charge in [0.15, 0.2) is 0 Å². The maximum atomic E-state index is 8.39. The molecule has 0 aromatic heterocycles. The summed E-state index contributed by atoms with van der Waals surface area (Å²) in [5, 5.41) is 8.39. The normalized spacial score (nSPS) is 22.1. The van der Waals surface area contributed by atoms with Crippen LogP contribution >= 0.6 is 0 Å². The summed E-state index contributed by atoms with van der Waals surface area (Å²) in [4.78, 5) is 2.38. The summed E-state index contributed by atoms with van der Waals surface area (Å²) >= 11 is 0. The summed E-state index contributed by atoms with van der Waals surface area (Å²) in [5.74, 6) is 2.46. The van der Waals surface area contributed by atoms with E-state index in [1.807, 2.05) is 0 Å². The number of amidine groups is 1. The first-order valence-corrected chi connectivity index (χ1v) is 7.14. The Morgan fingerprint density at radius 1 is 1.12 bits per heavy atom. The molecule has 0 atom stereocenters. The molecule has 2 rings (SSSR count). The molecule has 92 valence electrons. The van der Waals surface area contributed by atoms with E-state index in [1.54, 1.807) is 0 Å². The third-order valence-corrected chi connectivity index (χ3v) is 4.00. The van der Waals surface area contributed by atoms with Gasteiger partial charge in [0.2, 0.25) is 0 Å². The van der Waals surface area contributed by atoms with Crippen LogP contribution in [0.4, 0.5) is 0 Å². The van der Waals surface area contributed by atoms with Gasteiger partial charge in [-0.3, -0.25) is 5.41 Å². The summed E-state index contributed by atoms with van der Waals surface area (Å²) in [6.07, 6.45) is 10.6. The maximum Gasteiger partial charge on any atom is 0.0989 e. The molecule has 1 N–H and O–H groups in total. The second-order valence-electron chi connectivity index (χ2n) is 5.61. The average Bonchev–Trinajstić information content (AvgIpc) is 3.13. The van der Waals surface area contributed by atoms with Crippen LogP contribution in [0.1, 0.15) is 58.3 Å². The molecule has 0 spiro atoms. The van der Waals surface area contributed by atoms with Crippen LogP contribution in [0.15, 0.2) is 0 Å². The number of hydrogen-bond donors (Lipinski definition) is 1. The quantitative estimate of drug-likeness (QED) is 0.558. The van der Waals surface area contributed by atoms with Crippen molar-refractivity contribution >= 4 is 5.84 Å². The van der Waals surface area contributed by atoms with Gasteiger partial charge >= 0.3 is 0 Å². The van der Waals surface area contributed by atoms with Crippen LogP contribution in [-0.2, 0) is 0 Å². The van der Waals surface area contributed by atoms with E-state index in [0.717, 1.165) is 18.3 Å². The van der Waals surface area contributed by atoms with Crippen LogP contribution in [0.25, 0.3) is 0 Å². The summed E-state index contributed by atoms with van der Waals surface area (Å²) in [6.45, 7) is 4.50. The average molecular weight is 222 g/mol. The molecule has 0 aliphatic heterocycles. The van der Waals surface area contributed by atoms with Gasteiger partial charge in [0.05, 0.1) is 5.84 Å². The summed E-state index contributed by atoms with van der Waals surface area (Å²) in [6, 6.07) is 0. The SMILES string of the molecule is CCCN(CC1CC1)C(=N)C1CCCCC1. The first kappa shape index (κ1) is 11.9. The second kappa shape index (κ2) is 5.70. The lowest BCUT2D eigenvalue weighted by Gasteiger charge is -2.32. The van der Waals surface area contributed by atoms with Crippen molar-refractivity contribution in [3.63, 3.8) is 0 Å². The smallest absolute Gasteiger partial charge is 0.0989 e. The van der Waals surface area contributed by atoms with E-state index in [2.05, 4.69) is 11.8 Å². The molecule has 0 radical (unpaired) electrons. The predicted octanol–water partition coefficient (Wildman–Crippen LogP) is 3.67. The van der Waals surface area contributed by atoms with E-state index < -0.39 is 0 Å². The highest BCUT2D eigenvalue weighted by atomic mass is 15.2. The van der Waals surface area contributed by atoms with Gasteiger partial charge in [-0.1, -0.05) is 26.2 Å². The molecule has 2 aliphatic carbocycles. The zero-order chi connectivity index (χ0) is 11.4. The van der Waals surface area contributed by atoms with E-state index >= 15 is 0 Å². The molecule has 16 heavy (non-hydrogen) atoms. The Morgan fingerprint density at radius 2 is 1.81 bits per heavy atom. The van der Waals surface area contributed by atoms with Crippen molar-refractivity contribution in [3.8, 4) is 0 Å². The Morgan fingerprint density at radius 3 is 2.38 bits per heavy atom. The Kier molecular flexibility index (Phi) is 4.25. The van der Waals surface area contributed by atoms with Crippen LogP contribution in [0.2, 0.25) is 0 Å². The van der Waals surface area contributed by atoms with Crippen molar-refractivity contribution in [2.45, 2.75) is 58.3 Å². The molecule has 0 amide bonds. The Bertz CT molecular complexity index is 227. The van der Waals surface area contributed by atoms with Crippen molar-refractivity contribution < 1.29 is 0 Å².